The zero-order valence-electron chi connectivity index (χ0n) is 12.1. The third-order valence-electron chi connectivity index (χ3n) is 3.61. The monoisotopic (exact) mass is 285 g/mol. The van der Waals surface area contributed by atoms with E-state index in [0.717, 1.165) is 37.2 Å². The molecule has 0 aromatic carbocycles. The van der Waals surface area contributed by atoms with Crippen molar-refractivity contribution in [1.82, 2.24) is 19.9 Å². The first-order valence-electron chi connectivity index (χ1n) is 7.27. The van der Waals surface area contributed by atoms with Crippen molar-refractivity contribution in [1.29, 1.82) is 0 Å². The molecule has 21 heavy (non-hydrogen) atoms. The summed E-state index contributed by atoms with van der Waals surface area (Å²) in [5.41, 5.74) is 0.930. The van der Waals surface area contributed by atoms with Gasteiger partial charge >= 0.3 is 0 Å². The minimum Gasteiger partial charge on any atom is -0.473 e. The number of hydrogen-bond donors (Lipinski definition) is 1. The molecular weight excluding hydrogens is 266 g/mol. The molecule has 0 unspecified atom stereocenters. The molecule has 0 spiro atoms. The van der Waals surface area contributed by atoms with Crippen molar-refractivity contribution >= 4 is 5.82 Å². The number of nitrogens with one attached hydrogen (secondary N) is 1. The van der Waals surface area contributed by atoms with Crippen LogP contribution in [-0.2, 0) is 0 Å². The summed E-state index contributed by atoms with van der Waals surface area (Å²) in [5, 5.41) is 3.45. The quantitative estimate of drug-likeness (QED) is 0.929. The summed E-state index contributed by atoms with van der Waals surface area (Å²) < 4.78 is 5.84. The molecule has 110 valence electrons. The Morgan fingerprint density at radius 2 is 1.90 bits per heavy atom. The van der Waals surface area contributed by atoms with Crippen LogP contribution in [0.1, 0.15) is 31.4 Å². The van der Waals surface area contributed by atoms with E-state index in [-0.39, 0.29) is 6.10 Å². The van der Waals surface area contributed by atoms with Gasteiger partial charge in [0.05, 0.1) is 18.1 Å². The predicted molar refractivity (Wildman–Crippen MR) is 79.1 cm³/mol. The SMILES string of the molecule is Cc1cncc(NC2CCC(Oc3cnccn3)CC2)n1. The van der Waals surface area contributed by atoms with E-state index in [2.05, 4.69) is 25.3 Å². The van der Waals surface area contributed by atoms with Gasteiger partial charge in [0.25, 0.3) is 0 Å². The van der Waals surface area contributed by atoms with E-state index in [1.54, 1.807) is 31.0 Å². The Morgan fingerprint density at radius 3 is 2.62 bits per heavy atom. The van der Waals surface area contributed by atoms with Gasteiger partial charge in [-0.2, -0.15) is 0 Å². The summed E-state index contributed by atoms with van der Waals surface area (Å²) in [6, 6.07) is 0.433. The molecule has 0 amide bonds. The van der Waals surface area contributed by atoms with Crippen LogP contribution in [0.15, 0.2) is 31.0 Å². The van der Waals surface area contributed by atoms with E-state index >= 15 is 0 Å². The number of aromatic nitrogens is 4. The molecule has 1 N–H and O–H groups in total. The lowest BCUT2D eigenvalue weighted by Crippen LogP contribution is -2.31. The van der Waals surface area contributed by atoms with Crippen LogP contribution in [0.4, 0.5) is 5.82 Å². The van der Waals surface area contributed by atoms with Crippen LogP contribution < -0.4 is 10.1 Å². The van der Waals surface area contributed by atoms with Crippen LogP contribution in [0.2, 0.25) is 0 Å². The molecule has 0 aliphatic heterocycles. The lowest BCUT2D eigenvalue weighted by Gasteiger charge is -2.29. The summed E-state index contributed by atoms with van der Waals surface area (Å²) >= 11 is 0. The highest BCUT2D eigenvalue weighted by Gasteiger charge is 2.23. The maximum atomic E-state index is 5.84. The molecule has 1 saturated carbocycles. The molecule has 2 aromatic heterocycles. The first kappa shape index (κ1) is 13.7. The van der Waals surface area contributed by atoms with E-state index in [4.69, 9.17) is 4.74 Å². The molecule has 0 radical (unpaired) electrons. The van der Waals surface area contributed by atoms with E-state index in [1.807, 2.05) is 6.92 Å². The zero-order valence-corrected chi connectivity index (χ0v) is 12.1. The normalized spacial score (nSPS) is 21.8. The highest BCUT2D eigenvalue weighted by molar-refractivity contribution is 5.33. The van der Waals surface area contributed by atoms with Crippen LogP contribution in [0.5, 0.6) is 5.88 Å². The van der Waals surface area contributed by atoms with Gasteiger partial charge in [-0.05, 0) is 32.6 Å². The second kappa shape index (κ2) is 6.47. The molecule has 1 fully saturated rings. The van der Waals surface area contributed by atoms with E-state index in [9.17, 15) is 0 Å². The Morgan fingerprint density at radius 1 is 1.05 bits per heavy atom. The van der Waals surface area contributed by atoms with Crippen molar-refractivity contribution in [3.05, 3.63) is 36.7 Å². The predicted octanol–water partition coefficient (Wildman–Crippen LogP) is 2.38. The van der Waals surface area contributed by atoms with Crippen molar-refractivity contribution in [2.24, 2.45) is 0 Å². The second-order valence-corrected chi connectivity index (χ2v) is 5.33. The first-order chi connectivity index (χ1) is 10.3. The standard InChI is InChI=1S/C15H19N5O/c1-11-8-17-9-14(19-11)20-12-2-4-13(5-3-12)21-15-10-16-6-7-18-15/h6-10,12-13H,2-5H2,1H3,(H,19,20). The number of nitrogens with zero attached hydrogens (tertiary/aromatic N) is 4. The molecule has 2 heterocycles. The Bertz CT molecular complexity index is 569. The fraction of sp³-hybridized carbons (Fsp3) is 0.467. The molecule has 6 heteroatoms. The largest absolute Gasteiger partial charge is 0.473 e. The molecule has 0 saturated heterocycles. The Balaban J connectivity index is 1.49. The fourth-order valence-corrected chi connectivity index (χ4v) is 2.58. The minimum absolute atomic E-state index is 0.225. The summed E-state index contributed by atoms with van der Waals surface area (Å²) in [4.78, 5) is 16.8. The topological polar surface area (TPSA) is 72.8 Å². The minimum atomic E-state index is 0.225. The van der Waals surface area contributed by atoms with Gasteiger partial charge in [0.2, 0.25) is 5.88 Å². The number of aryl methyl sites for hydroxylation is 1. The van der Waals surface area contributed by atoms with Gasteiger partial charge in [0, 0.05) is 24.6 Å². The Kier molecular flexibility index (Phi) is 4.23. The molecule has 0 bridgehead atoms. The summed E-state index contributed by atoms with van der Waals surface area (Å²) in [6.45, 7) is 1.95. The summed E-state index contributed by atoms with van der Waals surface area (Å²) in [6.07, 6.45) is 12.8. The molecule has 3 rings (SSSR count). The van der Waals surface area contributed by atoms with Crippen molar-refractivity contribution in [2.45, 2.75) is 44.8 Å². The average molecular weight is 285 g/mol. The second-order valence-electron chi connectivity index (χ2n) is 5.33. The number of anilines is 1. The fourth-order valence-electron chi connectivity index (χ4n) is 2.58. The van der Waals surface area contributed by atoms with Gasteiger partial charge in [-0.1, -0.05) is 0 Å². The third-order valence-corrected chi connectivity index (χ3v) is 3.61. The number of ether oxygens (including phenoxy) is 1. The first-order valence-corrected chi connectivity index (χ1v) is 7.27. The number of rotatable bonds is 4. The zero-order chi connectivity index (χ0) is 14.5. The maximum absolute atomic E-state index is 5.84. The van der Waals surface area contributed by atoms with Gasteiger partial charge in [-0.25, -0.2) is 9.97 Å². The van der Waals surface area contributed by atoms with Gasteiger partial charge in [-0.15, -0.1) is 0 Å². The summed E-state index contributed by atoms with van der Waals surface area (Å²) in [5.74, 6) is 1.46. The van der Waals surface area contributed by atoms with Crippen molar-refractivity contribution in [2.75, 3.05) is 5.32 Å². The Hall–Kier alpha value is -2.24. The van der Waals surface area contributed by atoms with Gasteiger partial charge < -0.3 is 10.1 Å². The van der Waals surface area contributed by atoms with Crippen LogP contribution >= 0.6 is 0 Å². The number of hydrogen-bond acceptors (Lipinski definition) is 6. The average Bonchev–Trinajstić information content (AvgIpc) is 2.50. The molecule has 1 aliphatic carbocycles. The van der Waals surface area contributed by atoms with E-state index in [1.165, 1.54) is 0 Å². The smallest absolute Gasteiger partial charge is 0.232 e. The van der Waals surface area contributed by atoms with Gasteiger partial charge in [0.15, 0.2) is 0 Å². The van der Waals surface area contributed by atoms with Crippen LogP contribution in [0.3, 0.4) is 0 Å². The van der Waals surface area contributed by atoms with Gasteiger partial charge in [0.1, 0.15) is 11.9 Å². The molecule has 6 nitrogen and oxygen atoms in total. The Labute approximate surface area is 124 Å². The molecule has 2 aromatic rings. The van der Waals surface area contributed by atoms with Gasteiger partial charge in [-0.3, -0.25) is 9.97 Å². The van der Waals surface area contributed by atoms with Crippen molar-refractivity contribution in [3.63, 3.8) is 0 Å². The van der Waals surface area contributed by atoms with Crippen LogP contribution in [-0.4, -0.2) is 32.1 Å². The van der Waals surface area contributed by atoms with E-state index < -0.39 is 0 Å². The lowest BCUT2D eigenvalue weighted by atomic mass is 9.93. The molecule has 1 aliphatic rings. The van der Waals surface area contributed by atoms with E-state index in [0.29, 0.717) is 11.9 Å². The highest BCUT2D eigenvalue weighted by Crippen LogP contribution is 2.24. The van der Waals surface area contributed by atoms with Crippen LogP contribution in [0.25, 0.3) is 0 Å². The third kappa shape index (κ3) is 3.87. The van der Waals surface area contributed by atoms with Crippen LogP contribution in [0, 0.1) is 6.92 Å². The highest BCUT2D eigenvalue weighted by atomic mass is 16.5. The molecular formula is C15H19N5O. The molecule has 0 atom stereocenters. The lowest BCUT2D eigenvalue weighted by molar-refractivity contribution is 0.143. The summed E-state index contributed by atoms with van der Waals surface area (Å²) in [7, 11) is 0. The van der Waals surface area contributed by atoms with Crippen molar-refractivity contribution < 1.29 is 4.74 Å². The van der Waals surface area contributed by atoms with Crippen molar-refractivity contribution in [3.8, 4) is 5.88 Å². The maximum Gasteiger partial charge on any atom is 0.232 e.